The highest BCUT2D eigenvalue weighted by Crippen LogP contribution is 2.33. The molecule has 0 radical (unpaired) electrons. The lowest BCUT2D eigenvalue weighted by Crippen LogP contribution is -2.33. The molecule has 0 atom stereocenters. The summed E-state index contributed by atoms with van der Waals surface area (Å²) >= 11 is 5.95. The van der Waals surface area contributed by atoms with Gasteiger partial charge in [0.25, 0.3) is 0 Å². The Morgan fingerprint density at radius 1 is 1.47 bits per heavy atom. The second-order valence-corrected chi connectivity index (χ2v) is 6.80. The fraction of sp³-hybridized carbons (Fsp3) is 0.385. The molecule has 104 valence electrons. The molecular weight excluding hydrogens is 286 g/mol. The number of aliphatic hydroxyl groups excluding tert-OH is 1. The summed E-state index contributed by atoms with van der Waals surface area (Å²) in [6.45, 7) is 3.69. The van der Waals surface area contributed by atoms with Crippen LogP contribution in [0.4, 0.5) is 0 Å². The predicted octanol–water partition coefficient (Wildman–Crippen LogP) is 2.17. The summed E-state index contributed by atoms with van der Waals surface area (Å²) in [4.78, 5) is 0.156. The minimum Gasteiger partial charge on any atom is -0.392 e. The second-order valence-electron chi connectivity index (χ2n) is 4.51. The molecule has 1 aliphatic carbocycles. The molecule has 4 nitrogen and oxygen atoms in total. The maximum atomic E-state index is 12.5. The Morgan fingerprint density at radius 3 is 2.63 bits per heavy atom. The van der Waals surface area contributed by atoms with Gasteiger partial charge in [0.2, 0.25) is 10.0 Å². The van der Waals surface area contributed by atoms with Gasteiger partial charge < -0.3 is 5.11 Å². The van der Waals surface area contributed by atoms with E-state index in [1.54, 1.807) is 6.08 Å². The van der Waals surface area contributed by atoms with Gasteiger partial charge >= 0.3 is 0 Å². The van der Waals surface area contributed by atoms with Gasteiger partial charge in [-0.25, -0.2) is 8.42 Å². The Bertz CT molecular complexity index is 582. The van der Waals surface area contributed by atoms with E-state index in [1.807, 2.05) is 0 Å². The number of hydrogen-bond donors (Lipinski definition) is 1. The van der Waals surface area contributed by atoms with Gasteiger partial charge in [-0.2, -0.15) is 4.31 Å². The van der Waals surface area contributed by atoms with E-state index in [0.29, 0.717) is 12.1 Å². The van der Waals surface area contributed by atoms with Crippen LogP contribution in [0.2, 0.25) is 5.02 Å². The fourth-order valence-corrected chi connectivity index (χ4v) is 3.87. The molecule has 0 saturated heterocycles. The molecule has 0 spiro atoms. The van der Waals surface area contributed by atoms with E-state index in [9.17, 15) is 8.42 Å². The molecule has 1 N–H and O–H groups in total. The summed E-state index contributed by atoms with van der Waals surface area (Å²) < 4.78 is 26.5. The monoisotopic (exact) mass is 301 g/mol. The van der Waals surface area contributed by atoms with Crippen molar-refractivity contribution in [3.05, 3.63) is 41.4 Å². The maximum Gasteiger partial charge on any atom is 0.243 e. The largest absolute Gasteiger partial charge is 0.392 e. The standard InChI is InChI=1S/C13H16ClNO3S/c1-2-7-15(11-4-5-11)19(17,18)12-6-3-10(9-16)13(14)8-12/h2-3,6,8,11,16H,1,4-5,7,9H2. The summed E-state index contributed by atoms with van der Waals surface area (Å²) in [7, 11) is -3.55. The number of nitrogens with zero attached hydrogens (tertiary/aromatic N) is 1. The van der Waals surface area contributed by atoms with E-state index in [4.69, 9.17) is 16.7 Å². The molecule has 2 rings (SSSR count). The van der Waals surface area contributed by atoms with E-state index in [2.05, 4.69) is 6.58 Å². The summed E-state index contributed by atoms with van der Waals surface area (Å²) in [5.74, 6) is 0. The highest BCUT2D eigenvalue weighted by atomic mass is 35.5. The first-order chi connectivity index (χ1) is 9.00. The van der Waals surface area contributed by atoms with Gasteiger partial charge in [0.05, 0.1) is 11.5 Å². The number of aliphatic hydroxyl groups is 1. The highest BCUT2D eigenvalue weighted by Gasteiger charge is 2.37. The van der Waals surface area contributed by atoms with Crippen LogP contribution in [0, 0.1) is 0 Å². The minimum atomic E-state index is -3.55. The minimum absolute atomic E-state index is 0.0688. The van der Waals surface area contributed by atoms with Gasteiger partial charge in [-0.05, 0) is 30.5 Å². The van der Waals surface area contributed by atoms with Crippen molar-refractivity contribution in [2.75, 3.05) is 6.54 Å². The number of halogens is 1. The van der Waals surface area contributed by atoms with Crippen LogP contribution in [0.5, 0.6) is 0 Å². The third-order valence-corrected chi connectivity index (χ3v) is 5.33. The topological polar surface area (TPSA) is 57.6 Å². The van der Waals surface area contributed by atoms with Gasteiger partial charge in [0, 0.05) is 17.6 Å². The molecule has 0 bridgehead atoms. The first-order valence-corrected chi connectivity index (χ1v) is 7.84. The zero-order valence-electron chi connectivity index (χ0n) is 10.4. The van der Waals surface area contributed by atoms with Crippen LogP contribution in [0.3, 0.4) is 0 Å². The molecule has 1 aliphatic rings. The van der Waals surface area contributed by atoms with E-state index in [0.717, 1.165) is 12.8 Å². The molecule has 1 saturated carbocycles. The Labute approximate surface area is 118 Å². The van der Waals surface area contributed by atoms with E-state index in [1.165, 1.54) is 22.5 Å². The van der Waals surface area contributed by atoms with Crippen LogP contribution in [-0.2, 0) is 16.6 Å². The fourth-order valence-electron chi connectivity index (χ4n) is 1.89. The van der Waals surface area contributed by atoms with Crippen LogP contribution >= 0.6 is 11.6 Å². The second kappa shape index (κ2) is 5.63. The lowest BCUT2D eigenvalue weighted by Gasteiger charge is -2.20. The van der Waals surface area contributed by atoms with Crippen molar-refractivity contribution in [2.45, 2.75) is 30.4 Å². The zero-order chi connectivity index (χ0) is 14.0. The normalized spacial score (nSPS) is 15.7. The van der Waals surface area contributed by atoms with Crippen LogP contribution in [0.15, 0.2) is 35.7 Å². The molecule has 1 fully saturated rings. The van der Waals surface area contributed by atoms with Gasteiger partial charge in [0.1, 0.15) is 0 Å². The van der Waals surface area contributed by atoms with E-state index < -0.39 is 10.0 Å². The SMILES string of the molecule is C=CCN(C1CC1)S(=O)(=O)c1ccc(CO)c(Cl)c1. The molecule has 19 heavy (non-hydrogen) atoms. The Hall–Kier alpha value is -0.880. The average molecular weight is 302 g/mol. The summed E-state index contributed by atoms with van der Waals surface area (Å²) in [6, 6.07) is 4.47. The predicted molar refractivity (Wildman–Crippen MR) is 74.5 cm³/mol. The Morgan fingerprint density at radius 2 is 2.16 bits per heavy atom. The highest BCUT2D eigenvalue weighted by molar-refractivity contribution is 7.89. The number of benzene rings is 1. The number of rotatable bonds is 6. The molecule has 6 heteroatoms. The first kappa shape index (κ1) is 14.5. The molecule has 0 heterocycles. The first-order valence-electron chi connectivity index (χ1n) is 6.02. The molecule has 1 aromatic carbocycles. The van der Waals surface area contributed by atoms with Crippen molar-refractivity contribution >= 4 is 21.6 Å². The van der Waals surface area contributed by atoms with Crippen LogP contribution in [0.1, 0.15) is 18.4 Å². The quantitative estimate of drug-likeness (QED) is 0.819. The Kier molecular flexibility index (Phi) is 4.30. The van der Waals surface area contributed by atoms with Crippen molar-refractivity contribution in [2.24, 2.45) is 0 Å². The van der Waals surface area contributed by atoms with Crippen LogP contribution < -0.4 is 0 Å². The van der Waals surface area contributed by atoms with Crippen LogP contribution in [0.25, 0.3) is 0 Å². The number of sulfonamides is 1. The van der Waals surface area contributed by atoms with Gasteiger partial charge in [-0.3, -0.25) is 0 Å². The third kappa shape index (κ3) is 3.00. The van der Waals surface area contributed by atoms with Gasteiger partial charge in [0.15, 0.2) is 0 Å². The summed E-state index contributed by atoms with van der Waals surface area (Å²) in [5.41, 5.74) is 0.516. The van der Waals surface area contributed by atoms with Crippen molar-refractivity contribution in [3.63, 3.8) is 0 Å². The molecular formula is C13H16ClNO3S. The molecule has 1 aromatic rings. The summed E-state index contributed by atoms with van der Waals surface area (Å²) in [5, 5.41) is 9.31. The van der Waals surface area contributed by atoms with Crippen molar-refractivity contribution in [3.8, 4) is 0 Å². The average Bonchev–Trinajstić information content (AvgIpc) is 3.19. The van der Waals surface area contributed by atoms with E-state index in [-0.39, 0.29) is 22.6 Å². The lowest BCUT2D eigenvalue weighted by atomic mass is 10.2. The van der Waals surface area contributed by atoms with Gasteiger partial charge in [-0.15, -0.1) is 6.58 Å². The van der Waals surface area contributed by atoms with E-state index >= 15 is 0 Å². The van der Waals surface area contributed by atoms with Gasteiger partial charge in [-0.1, -0.05) is 23.7 Å². The van der Waals surface area contributed by atoms with Crippen molar-refractivity contribution < 1.29 is 13.5 Å². The lowest BCUT2D eigenvalue weighted by molar-refractivity contribution is 0.282. The third-order valence-electron chi connectivity index (χ3n) is 3.06. The molecule has 0 amide bonds. The number of hydrogen-bond acceptors (Lipinski definition) is 3. The summed E-state index contributed by atoms with van der Waals surface area (Å²) in [6.07, 6.45) is 3.35. The Balaban J connectivity index is 2.37. The molecule has 0 unspecified atom stereocenters. The molecule has 0 aromatic heterocycles. The van der Waals surface area contributed by atoms with Crippen molar-refractivity contribution in [1.82, 2.24) is 4.31 Å². The van der Waals surface area contributed by atoms with Crippen molar-refractivity contribution in [1.29, 1.82) is 0 Å². The molecule has 0 aliphatic heterocycles. The maximum absolute atomic E-state index is 12.5. The van der Waals surface area contributed by atoms with Crippen LogP contribution in [-0.4, -0.2) is 30.4 Å². The zero-order valence-corrected chi connectivity index (χ0v) is 12.0. The smallest absolute Gasteiger partial charge is 0.243 e.